The number of carbonyl (C=O) groups excluding carboxylic acids is 1. The number of halogens is 1. The summed E-state index contributed by atoms with van der Waals surface area (Å²) >= 11 is 0. The highest BCUT2D eigenvalue weighted by atomic mass is 19.1. The Bertz CT molecular complexity index is 481. The lowest BCUT2D eigenvalue weighted by Gasteiger charge is -2.24. The maximum Gasteiger partial charge on any atom is 0.322 e. The summed E-state index contributed by atoms with van der Waals surface area (Å²) in [6.07, 6.45) is 1.67. The van der Waals surface area contributed by atoms with Crippen molar-refractivity contribution < 1.29 is 19.0 Å². The van der Waals surface area contributed by atoms with Crippen LogP contribution in [0.15, 0.2) is 18.2 Å². The molecule has 1 heterocycles. The van der Waals surface area contributed by atoms with Crippen molar-refractivity contribution in [3.63, 3.8) is 0 Å². The quantitative estimate of drug-likeness (QED) is 0.890. The van der Waals surface area contributed by atoms with E-state index in [9.17, 15) is 14.3 Å². The third kappa shape index (κ3) is 3.19. The van der Waals surface area contributed by atoms with Crippen LogP contribution in [0.25, 0.3) is 0 Å². The van der Waals surface area contributed by atoms with Gasteiger partial charge in [0, 0.05) is 12.6 Å². The highest BCUT2D eigenvalue weighted by molar-refractivity contribution is 5.91. The first kappa shape index (κ1) is 14.6. The average Bonchev–Trinajstić information content (AvgIpc) is 2.90. The molecule has 2 N–H and O–H groups in total. The van der Waals surface area contributed by atoms with E-state index in [1.54, 1.807) is 11.8 Å². The van der Waals surface area contributed by atoms with Crippen LogP contribution in [0, 0.1) is 5.82 Å². The van der Waals surface area contributed by atoms with E-state index < -0.39 is 5.82 Å². The van der Waals surface area contributed by atoms with Crippen molar-refractivity contribution in [2.24, 2.45) is 0 Å². The van der Waals surface area contributed by atoms with E-state index in [1.807, 2.05) is 0 Å². The summed E-state index contributed by atoms with van der Waals surface area (Å²) in [6, 6.07) is 3.54. The lowest BCUT2D eigenvalue weighted by molar-refractivity contribution is 0.166. The zero-order valence-corrected chi connectivity index (χ0v) is 11.4. The van der Waals surface area contributed by atoms with Gasteiger partial charge in [-0.3, -0.25) is 0 Å². The third-order valence-electron chi connectivity index (χ3n) is 3.33. The van der Waals surface area contributed by atoms with Crippen molar-refractivity contribution >= 4 is 11.7 Å². The van der Waals surface area contributed by atoms with Crippen LogP contribution in [-0.2, 0) is 0 Å². The summed E-state index contributed by atoms with van der Waals surface area (Å²) < 4.78 is 18.5. The number of benzene rings is 1. The Labute approximate surface area is 117 Å². The van der Waals surface area contributed by atoms with Gasteiger partial charge in [0.1, 0.15) is 11.6 Å². The monoisotopic (exact) mass is 282 g/mol. The van der Waals surface area contributed by atoms with Gasteiger partial charge < -0.3 is 20.1 Å². The molecule has 20 heavy (non-hydrogen) atoms. The number of nitrogens with zero attached hydrogens (tertiary/aromatic N) is 1. The first-order valence-corrected chi connectivity index (χ1v) is 6.76. The summed E-state index contributed by atoms with van der Waals surface area (Å²) in [5.74, 6) is -0.110. The van der Waals surface area contributed by atoms with Crippen molar-refractivity contribution in [2.45, 2.75) is 25.8 Å². The molecule has 1 saturated heterocycles. The molecule has 0 radical (unpaired) electrons. The summed E-state index contributed by atoms with van der Waals surface area (Å²) in [6.45, 7) is 2.74. The topological polar surface area (TPSA) is 61.8 Å². The number of hydrogen-bond acceptors (Lipinski definition) is 3. The van der Waals surface area contributed by atoms with Crippen LogP contribution in [0.4, 0.5) is 14.9 Å². The number of ether oxygens (including phenoxy) is 1. The molecule has 1 aliphatic heterocycles. The molecule has 1 aliphatic rings. The van der Waals surface area contributed by atoms with Crippen molar-refractivity contribution in [1.29, 1.82) is 0 Å². The predicted molar refractivity (Wildman–Crippen MR) is 73.4 cm³/mol. The van der Waals surface area contributed by atoms with E-state index in [-0.39, 0.29) is 18.7 Å². The molecule has 0 saturated carbocycles. The van der Waals surface area contributed by atoms with Gasteiger partial charge >= 0.3 is 6.03 Å². The minimum Gasteiger partial charge on any atom is -0.492 e. The van der Waals surface area contributed by atoms with Gasteiger partial charge in [-0.2, -0.15) is 0 Å². The van der Waals surface area contributed by atoms with Crippen LogP contribution >= 0.6 is 0 Å². The van der Waals surface area contributed by atoms with Gasteiger partial charge in [-0.25, -0.2) is 9.18 Å². The second-order valence-electron chi connectivity index (χ2n) is 4.68. The van der Waals surface area contributed by atoms with Gasteiger partial charge in [-0.15, -0.1) is 0 Å². The SMILES string of the molecule is CCOc1cc(F)ccc1NC(=O)N1CCCC1CO. The van der Waals surface area contributed by atoms with E-state index in [2.05, 4.69) is 5.32 Å². The summed E-state index contributed by atoms with van der Waals surface area (Å²) in [5, 5.41) is 11.9. The smallest absolute Gasteiger partial charge is 0.322 e. The largest absolute Gasteiger partial charge is 0.492 e. The molecule has 1 atom stereocenters. The van der Waals surface area contributed by atoms with Crippen molar-refractivity contribution in [1.82, 2.24) is 4.90 Å². The van der Waals surface area contributed by atoms with E-state index >= 15 is 0 Å². The minimum absolute atomic E-state index is 0.0465. The molecule has 0 aliphatic carbocycles. The number of carbonyl (C=O) groups is 1. The van der Waals surface area contributed by atoms with E-state index in [0.29, 0.717) is 24.6 Å². The first-order chi connectivity index (χ1) is 9.65. The first-order valence-electron chi connectivity index (χ1n) is 6.76. The Hall–Kier alpha value is -1.82. The van der Waals surface area contributed by atoms with E-state index in [1.165, 1.54) is 18.2 Å². The Morgan fingerprint density at radius 3 is 3.10 bits per heavy atom. The Balaban J connectivity index is 2.11. The zero-order chi connectivity index (χ0) is 14.5. The van der Waals surface area contributed by atoms with Crippen LogP contribution in [-0.4, -0.2) is 41.8 Å². The summed E-state index contributed by atoms with van der Waals surface area (Å²) in [7, 11) is 0. The second-order valence-corrected chi connectivity index (χ2v) is 4.68. The number of rotatable bonds is 4. The molecular formula is C14H19FN2O3. The predicted octanol–water partition coefficient (Wildman–Crippen LogP) is 2.21. The lowest BCUT2D eigenvalue weighted by atomic mass is 10.2. The number of anilines is 1. The maximum atomic E-state index is 13.2. The van der Waals surface area contributed by atoms with Gasteiger partial charge in [0.05, 0.1) is 24.9 Å². The highest BCUT2D eigenvalue weighted by Crippen LogP contribution is 2.27. The molecule has 6 heteroatoms. The Morgan fingerprint density at radius 1 is 1.60 bits per heavy atom. The molecule has 5 nitrogen and oxygen atoms in total. The fourth-order valence-corrected chi connectivity index (χ4v) is 2.35. The molecule has 1 unspecified atom stereocenters. The van der Waals surface area contributed by atoms with Crippen molar-refractivity contribution in [3.8, 4) is 5.75 Å². The van der Waals surface area contributed by atoms with Crippen LogP contribution in [0.5, 0.6) is 5.75 Å². The Morgan fingerprint density at radius 2 is 2.40 bits per heavy atom. The fraction of sp³-hybridized carbons (Fsp3) is 0.500. The maximum absolute atomic E-state index is 13.2. The molecule has 1 aromatic carbocycles. The average molecular weight is 282 g/mol. The Kier molecular flexibility index (Phi) is 4.79. The number of likely N-dealkylation sites (tertiary alicyclic amines) is 1. The van der Waals surface area contributed by atoms with Gasteiger partial charge in [0.2, 0.25) is 0 Å². The molecule has 0 bridgehead atoms. The highest BCUT2D eigenvalue weighted by Gasteiger charge is 2.28. The van der Waals surface area contributed by atoms with Crippen LogP contribution in [0.2, 0.25) is 0 Å². The second kappa shape index (κ2) is 6.56. The number of hydrogen-bond donors (Lipinski definition) is 2. The van der Waals surface area contributed by atoms with Gasteiger partial charge in [-0.05, 0) is 31.9 Å². The summed E-state index contributed by atoms with van der Waals surface area (Å²) in [5.41, 5.74) is 0.432. The summed E-state index contributed by atoms with van der Waals surface area (Å²) in [4.78, 5) is 13.8. The van der Waals surface area contributed by atoms with Crippen molar-refractivity contribution in [2.75, 3.05) is 25.1 Å². The molecule has 2 rings (SSSR count). The van der Waals surface area contributed by atoms with Crippen LogP contribution in [0.1, 0.15) is 19.8 Å². The minimum atomic E-state index is -0.416. The molecular weight excluding hydrogens is 263 g/mol. The van der Waals surface area contributed by atoms with E-state index in [4.69, 9.17) is 4.74 Å². The number of aliphatic hydroxyl groups excluding tert-OH is 1. The molecule has 1 aromatic rings. The van der Waals surface area contributed by atoms with E-state index in [0.717, 1.165) is 12.8 Å². The van der Waals surface area contributed by atoms with Crippen LogP contribution in [0.3, 0.4) is 0 Å². The lowest BCUT2D eigenvalue weighted by Crippen LogP contribution is -2.40. The standard InChI is InChI=1S/C14H19FN2O3/c1-2-20-13-8-10(15)5-6-12(13)16-14(19)17-7-3-4-11(17)9-18/h5-6,8,11,18H,2-4,7,9H2,1H3,(H,16,19). The van der Waals surface area contributed by atoms with Crippen LogP contribution < -0.4 is 10.1 Å². The molecule has 110 valence electrons. The molecule has 2 amide bonds. The van der Waals surface area contributed by atoms with Gasteiger partial charge in [0.25, 0.3) is 0 Å². The number of amides is 2. The molecule has 1 fully saturated rings. The number of nitrogens with one attached hydrogen (secondary N) is 1. The molecule has 0 spiro atoms. The van der Waals surface area contributed by atoms with Crippen molar-refractivity contribution in [3.05, 3.63) is 24.0 Å². The number of urea groups is 1. The third-order valence-corrected chi connectivity index (χ3v) is 3.33. The van der Waals surface area contributed by atoms with Gasteiger partial charge in [0.15, 0.2) is 0 Å². The van der Waals surface area contributed by atoms with Gasteiger partial charge in [-0.1, -0.05) is 0 Å². The number of aliphatic hydroxyl groups is 1. The zero-order valence-electron chi connectivity index (χ0n) is 11.4. The normalized spacial score (nSPS) is 18.1. The molecule has 0 aromatic heterocycles. The fourth-order valence-electron chi connectivity index (χ4n) is 2.35.